The molecule has 3 aromatic carbocycles. The molecule has 172 valence electrons. The van der Waals surface area contributed by atoms with E-state index in [0.29, 0.717) is 12.8 Å². The summed E-state index contributed by atoms with van der Waals surface area (Å²) in [6, 6.07) is 18.9. The lowest BCUT2D eigenvalue weighted by atomic mass is 9.88. The van der Waals surface area contributed by atoms with Gasteiger partial charge in [0.1, 0.15) is 6.04 Å². The van der Waals surface area contributed by atoms with Crippen LogP contribution in [-0.4, -0.2) is 31.6 Å². The van der Waals surface area contributed by atoms with Crippen molar-refractivity contribution < 1.29 is 23.1 Å². The predicted molar refractivity (Wildman–Crippen MR) is 127 cm³/mol. The van der Waals surface area contributed by atoms with Crippen LogP contribution in [0.15, 0.2) is 84.3 Å². The van der Waals surface area contributed by atoms with E-state index < -0.39 is 34.1 Å². The van der Waals surface area contributed by atoms with Crippen LogP contribution in [0.3, 0.4) is 0 Å². The van der Waals surface area contributed by atoms with Gasteiger partial charge in [0.25, 0.3) is 0 Å². The maximum Gasteiger partial charge on any atom is 0.322 e. The fourth-order valence-electron chi connectivity index (χ4n) is 4.52. The van der Waals surface area contributed by atoms with Crippen LogP contribution in [-0.2, 0) is 19.6 Å². The molecule has 0 amide bonds. The highest BCUT2D eigenvalue weighted by Crippen LogP contribution is 2.42. The van der Waals surface area contributed by atoms with Crippen molar-refractivity contribution in [3.8, 4) is 0 Å². The fourth-order valence-corrected chi connectivity index (χ4v) is 5.76. The maximum atomic E-state index is 13.0. The molecule has 1 fully saturated rings. The molecule has 0 saturated carbocycles. The Hall–Kier alpha value is -3.00. The van der Waals surface area contributed by atoms with Gasteiger partial charge in [-0.3, -0.25) is 4.79 Å². The Morgan fingerprint density at radius 1 is 1.15 bits per heavy atom. The minimum Gasteiger partial charge on any atom is -0.480 e. The van der Waals surface area contributed by atoms with Gasteiger partial charge in [-0.25, -0.2) is 8.42 Å². The molecule has 0 spiro atoms. The standard InChI is InChI=1S/C26H27NO5S/c1-3-7-23-22(16-24(32-23)21-11-6-9-18-8-4-5-10-20(18)21)25(26(28)29)27-33(30,31)19-14-12-17(2)13-15-19/h3-6,8-15,22-25,27H,1,7,16H2,2H3,(H,28,29)/t22-,23-,24+,25?/m0/s1. The number of aryl methyl sites for hydroxylation is 1. The summed E-state index contributed by atoms with van der Waals surface area (Å²) in [6.07, 6.45) is 1.64. The van der Waals surface area contributed by atoms with Crippen molar-refractivity contribution in [3.63, 3.8) is 0 Å². The van der Waals surface area contributed by atoms with E-state index in [2.05, 4.69) is 11.3 Å². The number of fused-ring (bicyclic) bond motifs is 1. The number of carboxylic acids is 1. The average Bonchev–Trinajstić information content (AvgIpc) is 3.21. The van der Waals surface area contributed by atoms with Gasteiger partial charge in [-0.05, 0) is 48.2 Å². The van der Waals surface area contributed by atoms with Crippen molar-refractivity contribution in [2.75, 3.05) is 0 Å². The molecule has 0 aromatic heterocycles. The van der Waals surface area contributed by atoms with E-state index in [9.17, 15) is 18.3 Å². The molecule has 3 aromatic rings. The van der Waals surface area contributed by atoms with Crippen molar-refractivity contribution in [3.05, 3.63) is 90.5 Å². The number of carboxylic acid groups (broad SMARTS) is 1. The lowest BCUT2D eigenvalue weighted by Crippen LogP contribution is -2.48. The SMILES string of the molecule is C=CC[C@@H]1O[C@@H](c2cccc3ccccc23)C[C@@H]1C(NS(=O)(=O)c1ccc(C)cc1)C(=O)O. The number of ether oxygens (including phenoxy) is 1. The van der Waals surface area contributed by atoms with Gasteiger partial charge >= 0.3 is 5.97 Å². The van der Waals surface area contributed by atoms with Crippen molar-refractivity contribution in [1.29, 1.82) is 0 Å². The molecule has 0 radical (unpaired) electrons. The number of aliphatic carboxylic acids is 1. The van der Waals surface area contributed by atoms with Crippen LogP contribution in [0.4, 0.5) is 0 Å². The van der Waals surface area contributed by atoms with E-state index in [-0.39, 0.29) is 11.0 Å². The molecule has 1 heterocycles. The van der Waals surface area contributed by atoms with Crippen LogP contribution in [0.2, 0.25) is 0 Å². The molecule has 4 atom stereocenters. The summed E-state index contributed by atoms with van der Waals surface area (Å²) in [5.74, 6) is -1.79. The van der Waals surface area contributed by atoms with E-state index in [1.165, 1.54) is 12.1 Å². The van der Waals surface area contributed by atoms with Crippen LogP contribution in [0.5, 0.6) is 0 Å². The maximum absolute atomic E-state index is 13.0. The van der Waals surface area contributed by atoms with Gasteiger partial charge in [-0.15, -0.1) is 6.58 Å². The van der Waals surface area contributed by atoms with Gasteiger partial charge in [-0.1, -0.05) is 66.2 Å². The topological polar surface area (TPSA) is 92.7 Å². The second kappa shape index (κ2) is 9.47. The first-order valence-electron chi connectivity index (χ1n) is 10.9. The Morgan fingerprint density at radius 3 is 2.55 bits per heavy atom. The van der Waals surface area contributed by atoms with Gasteiger partial charge in [0.05, 0.1) is 17.1 Å². The van der Waals surface area contributed by atoms with Crippen molar-refractivity contribution >= 4 is 26.8 Å². The smallest absolute Gasteiger partial charge is 0.322 e. The van der Waals surface area contributed by atoms with Crippen molar-refractivity contribution in [2.45, 2.75) is 42.9 Å². The van der Waals surface area contributed by atoms with Gasteiger partial charge in [-0.2, -0.15) is 4.72 Å². The molecule has 1 aliphatic rings. The fraction of sp³-hybridized carbons (Fsp3) is 0.269. The second-order valence-electron chi connectivity index (χ2n) is 8.41. The van der Waals surface area contributed by atoms with Crippen LogP contribution in [0.25, 0.3) is 10.8 Å². The quantitative estimate of drug-likeness (QED) is 0.474. The largest absolute Gasteiger partial charge is 0.480 e. The summed E-state index contributed by atoms with van der Waals surface area (Å²) in [5.41, 5.74) is 1.88. The first-order chi connectivity index (χ1) is 15.8. The normalized spacial score (nSPS) is 21.7. The van der Waals surface area contributed by atoms with Crippen LogP contribution >= 0.6 is 0 Å². The third kappa shape index (κ3) is 4.85. The molecular formula is C26H27NO5S. The lowest BCUT2D eigenvalue weighted by molar-refractivity contribution is -0.141. The zero-order chi connectivity index (χ0) is 23.6. The summed E-state index contributed by atoms with van der Waals surface area (Å²) in [6.45, 7) is 5.63. The van der Waals surface area contributed by atoms with E-state index >= 15 is 0 Å². The Morgan fingerprint density at radius 2 is 1.85 bits per heavy atom. The highest BCUT2D eigenvalue weighted by molar-refractivity contribution is 7.89. The number of sulfonamides is 1. The van der Waals surface area contributed by atoms with E-state index in [1.807, 2.05) is 49.4 Å². The van der Waals surface area contributed by atoms with Gasteiger partial charge in [0.2, 0.25) is 10.0 Å². The van der Waals surface area contributed by atoms with Gasteiger partial charge in [0.15, 0.2) is 0 Å². The summed E-state index contributed by atoms with van der Waals surface area (Å²) >= 11 is 0. The summed E-state index contributed by atoms with van der Waals surface area (Å²) < 4.78 is 34.7. The van der Waals surface area contributed by atoms with Gasteiger partial charge in [0, 0.05) is 5.92 Å². The molecule has 1 unspecified atom stereocenters. The lowest BCUT2D eigenvalue weighted by Gasteiger charge is -2.24. The molecule has 2 N–H and O–H groups in total. The molecule has 0 aliphatic carbocycles. The van der Waals surface area contributed by atoms with E-state index in [4.69, 9.17) is 4.74 Å². The Balaban J connectivity index is 1.66. The first-order valence-corrected chi connectivity index (χ1v) is 12.3. The van der Waals surface area contributed by atoms with Crippen LogP contribution in [0, 0.1) is 12.8 Å². The third-order valence-electron chi connectivity index (χ3n) is 6.18. The molecule has 1 aliphatic heterocycles. The second-order valence-corrected chi connectivity index (χ2v) is 10.1. The Kier molecular flexibility index (Phi) is 6.65. The van der Waals surface area contributed by atoms with Crippen LogP contribution < -0.4 is 4.72 Å². The summed E-state index contributed by atoms with van der Waals surface area (Å²) in [5, 5.41) is 12.1. The molecule has 7 heteroatoms. The van der Waals surface area contributed by atoms with Crippen LogP contribution in [0.1, 0.15) is 30.1 Å². The zero-order valence-corrected chi connectivity index (χ0v) is 19.2. The monoisotopic (exact) mass is 465 g/mol. The van der Waals surface area contributed by atoms with E-state index in [1.54, 1.807) is 18.2 Å². The summed E-state index contributed by atoms with van der Waals surface area (Å²) in [4.78, 5) is 12.3. The molecule has 33 heavy (non-hydrogen) atoms. The number of hydrogen-bond acceptors (Lipinski definition) is 4. The molecule has 1 saturated heterocycles. The minimum atomic E-state index is -4.03. The Bertz CT molecular complexity index is 1260. The first kappa shape index (κ1) is 23.2. The van der Waals surface area contributed by atoms with Crippen molar-refractivity contribution in [1.82, 2.24) is 4.72 Å². The minimum absolute atomic E-state index is 0.0316. The Labute approximate surface area is 194 Å². The summed E-state index contributed by atoms with van der Waals surface area (Å²) in [7, 11) is -4.03. The molecular weight excluding hydrogens is 438 g/mol. The highest BCUT2D eigenvalue weighted by atomic mass is 32.2. The van der Waals surface area contributed by atoms with E-state index in [0.717, 1.165) is 21.9 Å². The third-order valence-corrected chi connectivity index (χ3v) is 7.64. The number of hydrogen-bond donors (Lipinski definition) is 2. The number of carbonyl (C=O) groups is 1. The molecule has 0 bridgehead atoms. The average molecular weight is 466 g/mol. The van der Waals surface area contributed by atoms with Gasteiger partial charge < -0.3 is 9.84 Å². The highest BCUT2D eigenvalue weighted by Gasteiger charge is 2.44. The van der Waals surface area contributed by atoms with Crippen molar-refractivity contribution in [2.24, 2.45) is 5.92 Å². The number of rotatable bonds is 8. The zero-order valence-electron chi connectivity index (χ0n) is 18.3. The molecule has 6 nitrogen and oxygen atoms in total. The molecule has 4 rings (SSSR count). The predicted octanol–water partition coefficient (Wildman–Crippen LogP) is 4.60. The number of benzene rings is 3. The number of nitrogens with one attached hydrogen (secondary N) is 1.